The van der Waals surface area contributed by atoms with Gasteiger partial charge in [0.25, 0.3) is 0 Å². The number of fused-ring (bicyclic) bond motifs is 4. The minimum atomic E-state index is -2.43. The van der Waals surface area contributed by atoms with Crippen molar-refractivity contribution in [1.29, 1.82) is 0 Å². The lowest BCUT2D eigenvalue weighted by molar-refractivity contribution is -0.0569. The van der Waals surface area contributed by atoms with Crippen molar-refractivity contribution >= 4 is 17.6 Å². The third-order valence-corrected chi connectivity index (χ3v) is 22.7. The van der Waals surface area contributed by atoms with Crippen molar-refractivity contribution < 1.29 is 64.8 Å². The number of benzene rings is 2. The van der Waals surface area contributed by atoms with Crippen LogP contribution in [0.1, 0.15) is 12.8 Å². The molecule has 28 heteroatoms. The molecule has 5 aliphatic rings. The van der Waals surface area contributed by atoms with Crippen LogP contribution in [-0.2, 0) is 50.2 Å². The Bertz CT molecular complexity index is 3560. The highest BCUT2D eigenvalue weighted by Gasteiger charge is 2.55. The van der Waals surface area contributed by atoms with E-state index in [1.54, 1.807) is 24.8 Å². The van der Waals surface area contributed by atoms with E-state index in [1.165, 1.54) is 0 Å². The molecule has 0 radical (unpaired) electrons. The van der Waals surface area contributed by atoms with E-state index in [1.807, 2.05) is 126 Å². The number of hydrogen-bond donors (Lipinski definition) is 6. The fraction of sp³-hybridized carbons (Fsp3) is 0.440. The van der Waals surface area contributed by atoms with Gasteiger partial charge < -0.3 is 92.2 Å². The van der Waals surface area contributed by atoms with Crippen molar-refractivity contribution in [3.63, 3.8) is 0 Å². The van der Waals surface area contributed by atoms with Gasteiger partial charge in [0, 0.05) is 116 Å². The van der Waals surface area contributed by atoms with Crippen LogP contribution >= 0.6 is 0 Å². The maximum Gasteiger partial charge on any atom is 0.501 e. The molecule has 0 spiro atoms. The molecule has 550 valence electrons. The molecule has 0 saturated carbocycles. The quantitative estimate of drug-likeness (QED) is 0.00989. The summed E-state index contributed by atoms with van der Waals surface area (Å²) in [5.41, 5.74) is 21.8. The summed E-state index contributed by atoms with van der Waals surface area (Å²) in [5.74, 6) is 1.58. The highest BCUT2D eigenvalue weighted by molar-refractivity contribution is 6.62. The van der Waals surface area contributed by atoms with E-state index in [-0.39, 0.29) is 18.8 Å². The van der Waals surface area contributed by atoms with Crippen LogP contribution in [0, 0.1) is 0 Å². The van der Waals surface area contributed by atoms with E-state index in [9.17, 15) is 5.11 Å². The molecule has 4 bridgehead atoms. The summed E-state index contributed by atoms with van der Waals surface area (Å²) < 4.78 is 73.6. The number of rotatable bonds is 43. The predicted octanol–water partition coefficient (Wildman–Crippen LogP) is 6.81. The highest BCUT2D eigenvalue weighted by Crippen LogP contribution is 2.35. The zero-order chi connectivity index (χ0) is 70.8. The van der Waals surface area contributed by atoms with E-state index < -0.39 is 23.8 Å². The Morgan fingerprint density at radius 1 is 0.437 bits per heavy atom. The van der Waals surface area contributed by atoms with E-state index in [0.29, 0.717) is 105 Å². The van der Waals surface area contributed by atoms with Gasteiger partial charge in [0.2, 0.25) is 0 Å². The lowest BCUT2D eigenvalue weighted by Crippen LogP contribution is -2.45. The number of nitrogens with zero attached hydrogens (tertiary/aromatic N) is 7. The smallest absolute Gasteiger partial charge is 0.491 e. The first-order valence-corrected chi connectivity index (χ1v) is 39.6. The van der Waals surface area contributed by atoms with Crippen LogP contribution in [-0.4, -0.2) is 247 Å². The van der Waals surface area contributed by atoms with Gasteiger partial charge in [-0.3, -0.25) is 24.8 Å². The van der Waals surface area contributed by atoms with Gasteiger partial charge in [-0.05, 0) is 132 Å². The largest absolute Gasteiger partial charge is 0.501 e. The zero-order valence-electron chi connectivity index (χ0n) is 58.5. The van der Waals surface area contributed by atoms with Crippen molar-refractivity contribution in [3.05, 3.63) is 170 Å². The summed E-state index contributed by atoms with van der Waals surface area (Å²) in [4.78, 5) is 29.6. The van der Waals surface area contributed by atoms with Gasteiger partial charge in [-0.15, -0.1) is 0 Å². The van der Waals surface area contributed by atoms with Crippen LogP contribution in [0.15, 0.2) is 170 Å². The molecule has 103 heavy (non-hydrogen) atoms. The third kappa shape index (κ3) is 25.2. The standard InChI is InChI=1S/C37H48N6O7Si.C29H34N6O2.C9H16O5Si/c38-12-17-43(37(44)28-46-19-5-23-51-48-26-32(50-51)27-49-51)18-15-39-16-20-45-21-22-47-31-10-8-29(9-11-31)30-24-35(33-6-1-3-13-40-33)42-36(25-30)34-7-2-4-14-41-34;30-11-14-31-15-16-32-17-18-36-19-20-37-25-9-7-23(8-10-25)24-21-28(26-5-1-3-12-33-26)35-29(22-24)27-6-2-4-13-34-27;1(2-10-4-8-5-11-8)3-15-12-6-9(14-15)7-13-15/h1-4,6-11,13-14,24-25,32,37,39,44H,5,12,15-23,26-28,38H2;1-10,12-13,21-22,31-32H,11,14-20,30H2;8-9H,1-7H2. The van der Waals surface area contributed by atoms with Gasteiger partial charge >= 0.3 is 17.6 Å². The molecule has 2 aromatic carbocycles. The number of ether oxygens (including phenoxy) is 7. The van der Waals surface area contributed by atoms with E-state index in [2.05, 4.69) is 60.2 Å². The molecule has 26 nitrogen and oxygen atoms in total. The lowest BCUT2D eigenvalue weighted by Gasteiger charge is -2.27. The average Bonchev–Trinajstić information content (AvgIpc) is 1.80. The van der Waals surface area contributed by atoms with Crippen molar-refractivity contribution in [2.24, 2.45) is 11.5 Å². The highest BCUT2D eigenvalue weighted by atomic mass is 28.4. The van der Waals surface area contributed by atoms with E-state index >= 15 is 0 Å². The summed E-state index contributed by atoms with van der Waals surface area (Å²) in [6.07, 6.45) is 8.76. The SMILES string of the molecule is C(COCC1CO1)C[Si]12OCC(CO1)O2.NCCN(CCNCCOCCOc1ccc(-c2cc(-c3ccccn3)nc(-c3ccccn3)c2)cc1)C(O)COCCC[Si]12OCC(CO1)O2.NCCNCCNCCOCCOc1ccc(-c2cc(-c3ccccn3)nc(-c3ccccn3)c2)cc1. The van der Waals surface area contributed by atoms with Gasteiger partial charge in [0.15, 0.2) is 0 Å². The first kappa shape index (κ1) is 76.8. The van der Waals surface area contributed by atoms with E-state index in [0.717, 1.165) is 163 Å². The van der Waals surface area contributed by atoms with Crippen LogP contribution in [0.4, 0.5) is 0 Å². The number of aliphatic hydroxyl groups excluding tert-OH is 1. The molecule has 5 fully saturated rings. The molecule has 5 aliphatic heterocycles. The molecule has 8 aromatic rings. The first-order chi connectivity index (χ1) is 50.8. The van der Waals surface area contributed by atoms with Crippen molar-refractivity contribution in [2.45, 2.75) is 49.5 Å². The Morgan fingerprint density at radius 2 is 0.864 bits per heavy atom. The number of hydrogen-bond acceptors (Lipinski definition) is 26. The molecule has 8 N–H and O–H groups in total. The van der Waals surface area contributed by atoms with Crippen LogP contribution < -0.4 is 36.9 Å². The number of pyridine rings is 6. The Balaban J connectivity index is 0.000000177. The van der Waals surface area contributed by atoms with Crippen molar-refractivity contribution in [2.75, 3.05) is 165 Å². The summed E-state index contributed by atoms with van der Waals surface area (Å²) in [6.45, 7) is 16.1. The van der Waals surface area contributed by atoms with Crippen LogP contribution in [0.2, 0.25) is 12.1 Å². The average molecular weight is 1450 g/mol. The number of aromatic nitrogens is 6. The predicted molar refractivity (Wildman–Crippen MR) is 394 cm³/mol. The maximum atomic E-state index is 10.6. The fourth-order valence-electron chi connectivity index (χ4n) is 11.5. The van der Waals surface area contributed by atoms with Crippen LogP contribution in [0.25, 0.3) is 67.8 Å². The van der Waals surface area contributed by atoms with Gasteiger partial charge in [-0.2, -0.15) is 0 Å². The molecule has 6 aromatic heterocycles. The third-order valence-electron chi connectivity index (χ3n) is 17.0. The Labute approximate surface area is 605 Å². The second kappa shape index (κ2) is 42.0. The van der Waals surface area contributed by atoms with Gasteiger partial charge in [-0.1, -0.05) is 48.5 Å². The Kier molecular flexibility index (Phi) is 31.3. The summed E-state index contributed by atoms with van der Waals surface area (Å²) in [6, 6.07) is 49.2. The number of epoxide rings is 1. The van der Waals surface area contributed by atoms with Crippen molar-refractivity contribution in [3.8, 4) is 79.3 Å². The first-order valence-electron chi connectivity index (χ1n) is 35.8. The molecule has 0 amide bonds. The zero-order valence-corrected chi connectivity index (χ0v) is 60.5. The number of aliphatic hydroxyl groups is 1. The Morgan fingerprint density at radius 3 is 1.25 bits per heavy atom. The minimum Gasteiger partial charge on any atom is -0.491 e. The monoisotopic (exact) mass is 1450 g/mol. The second-order valence-corrected chi connectivity index (χ2v) is 30.2. The maximum absolute atomic E-state index is 10.6. The Hall–Kier alpha value is -7.35. The summed E-state index contributed by atoms with van der Waals surface area (Å²) >= 11 is 0. The molecular weight excluding hydrogens is 1350 g/mol. The van der Waals surface area contributed by atoms with Crippen LogP contribution in [0.3, 0.4) is 0 Å². The second-order valence-electron chi connectivity index (χ2n) is 24.8. The fourth-order valence-corrected chi connectivity index (χ4v) is 17.0. The summed E-state index contributed by atoms with van der Waals surface area (Å²) in [7, 11) is -4.63. The molecule has 2 unspecified atom stereocenters. The number of nitrogens with two attached hydrogens (primary N) is 2. The topological polar surface area (TPSA) is 312 Å². The molecular formula is C75H98N12O14Si2. The van der Waals surface area contributed by atoms with E-state index in [4.69, 9.17) is 81.1 Å². The van der Waals surface area contributed by atoms with Crippen LogP contribution in [0.5, 0.6) is 11.5 Å². The molecule has 11 heterocycles. The summed E-state index contributed by atoms with van der Waals surface area (Å²) in [5, 5.41) is 20.6. The van der Waals surface area contributed by atoms with Gasteiger partial charge in [0.1, 0.15) is 37.0 Å². The number of nitrogens with one attached hydrogen (secondary N) is 3. The van der Waals surface area contributed by atoms with Gasteiger partial charge in [0.05, 0.1) is 130 Å². The molecule has 13 rings (SSSR count). The molecule has 5 saturated heterocycles. The lowest BCUT2D eigenvalue weighted by atomic mass is 10.0. The van der Waals surface area contributed by atoms with Crippen molar-refractivity contribution in [1.82, 2.24) is 50.8 Å². The van der Waals surface area contributed by atoms with Gasteiger partial charge in [-0.25, -0.2) is 9.97 Å². The molecule has 2 atom stereocenters. The normalized spacial score (nSPS) is 19.4. The minimum absolute atomic E-state index is 0.106. The molecule has 0 aliphatic carbocycles.